The van der Waals surface area contributed by atoms with E-state index < -0.39 is 5.82 Å². The topological polar surface area (TPSA) is 12.0 Å². The van der Waals surface area contributed by atoms with Crippen molar-refractivity contribution in [3.63, 3.8) is 0 Å². The van der Waals surface area contributed by atoms with Crippen LogP contribution in [0.3, 0.4) is 0 Å². The molecule has 0 bridgehead atoms. The molecule has 12 heavy (non-hydrogen) atoms. The van der Waals surface area contributed by atoms with Gasteiger partial charge in [0, 0.05) is 7.05 Å². The summed E-state index contributed by atoms with van der Waals surface area (Å²) in [7, 11) is 1.65. The number of anilines is 1. The molecule has 0 saturated carbocycles. The number of benzene rings is 1. The third-order valence-corrected chi connectivity index (χ3v) is 1.51. The van der Waals surface area contributed by atoms with Crippen LogP contribution in [0.1, 0.15) is 13.8 Å². The smallest absolute Gasteiger partial charge is 0.164 e. The highest BCUT2D eigenvalue weighted by Gasteiger charge is 2.02. The van der Waals surface area contributed by atoms with E-state index in [1.165, 1.54) is 6.07 Å². The highest BCUT2D eigenvalue weighted by molar-refractivity contribution is 6.31. The Labute approximate surface area is 77.6 Å². The average Bonchev–Trinajstić information content (AvgIpc) is 2.13. The second-order valence-corrected chi connectivity index (χ2v) is 2.26. The molecule has 0 unspecified atom stereocenters. The fourth-order valence-corrected chi connectivity index (χ4v) is 0.871. The zero-order chi connectivity index (χ0) is 9.56. The van der Waals surface area contributed by atoms with Gasteiger partial charge in [-0.1, -0.05) is 31.5 Å². The van der Waals surface area contributed by atoms with Crippen molar-refractivity contribution in [2.45, 2.75) is 13.8 Å². The molecule has 1 nitrogen and oxygen atoms in total. The highest BCUT2D eigenvalue weighted by Crippen LogP contribution is 2.20. The molecule has 0 fully saturated rings. The quantitative estimate of drug-likeness (QED) is 0.713. The normalized spacial score (nSPS) is 8.42. The van der Waals surface area contributed by atoms with Gasteiger partial charge in [-0.05, 0) is 12.1 Å². The standard InChI is InChI=1S/C7H7ClFN.C2H6/c1-10-6-4-2-3-5(8)7(6)9;1-2/h2-4,10H,1H3;1-2H3. The second kappa shape index (κ2) is 5.84. The lowest BCUT2D eigenvalue weighted by Gasteiger charge is -2.01. The Bertz CT molecular complexity index is 238. The van der Waals surface area contributed by atoms with Gasteiger partial charge in [0.25, 0.3) is 0 Å². The third-order valence-electron chi connectivity index (χ3n) is 1.22. The molecule has 0 saturated heterocycles. The highest BCUT2D eigenvalue weighted by atomic mass is 35.5. The minimum Gasteiger partial charge on any atom is -0.386 e. The molecular weight excluding hydrogens is 177 g/mol. The van der Waals surface area contributed by atoms with E-state index in [-0.39, 0.29) is 5.02 Å². The van der Waals surface area contributed by atoms with E-state index in [0.717, 1.165) is 0 Å². The minimum atomic E-state index is -0.397. The van der Waals surface area contributed by atoms with E-state index >= 15 is 0 Å². The van der Waals surface area contributed by atoms with Crippen LogP contribution in [0.5, 0.6) is 0 Å². The maximum absolute atomic E-state index is 12.8. The zero-order valence-electron chi connectivity index (χ0n) is 7.49. The van der Waals surface area contributed by atoms with Gasteiger partial charge >= 0.3 is 0 Å². The van der Waals surface area contributed by atoms with Gasteiger partial charge in [0.15, 0.2) is 5.82 Å². The fourth-order valence-electron chi connectivity index (χ4n) is 0.697. The molecule has 0 heterocycles. The van der Waals surface area contributed by atoms with Crippen molar-refractivity contribution in [2.24, 2.45) is 0 Å². The molecule has 0 aliphatic rings. The van der Waals surface area contributed by atoms with Crippen LogP contribution in [0, 0.1) is 5.82 Å². The van der Waals surface area contributed by atoms with Crippen molar-refractivity contribution >= 4 is 17.3 Å². The van der Waals surface area contributed by atoms with Crippen LogP contribution in [0.25, 0.3) is 0 Å². The summed E-state index contributed by atoms with van der Waals surface area (Å²) >= 11 is 5.48. The van der Waals surface area contributed by atoms with Gasteiger partial charge in [-0.2, -0.15) is 0 Å². The van der Waals surface area contributed by atoms with Crippen molar-refractivity contribution in [1.29, 1.82) is 0 Å². The molecule has 1 aromatic carbocycles. The van der Waals surface area contributed by atoms with Gasteiger partial charge in [0.05, 0.1) is 10.7 Å². The molecule has 0 amide bonds. The Kier molecular flexibility index (Phi) is 5.47. The summed E-state index contributed by atoms with van der Waals surface area (Å²) in [6.45, 7) is 4.00. The molecule has 0 aromatic heterocycles. The van der Waals surface area contributed by atoms with Crippen LogP contribution in [-0.4, -0.2) is 7.05 Å². The molecule has 0 radical (unpaired) electrons. The van der Waals surface area contributed by atoms with E-state index in [9.17, 15) is 4.39 Å². The fraction of sp³-hybridized carbons (Fsp3) is 0.333. The van der Waals surface area contributed by atoms with Crippen molar-refractivity contribution < 1.29 is 4.39 Å². The van der Waals surface area contributed by atoms with Gasteiger partial charge in [-0.25, -0.2) is 4.39 Å². The maximum atomic E-state index is 12.8. The Balaban J connectivity index is 0.000000561. The van der Waals surface area contributed by atoms with Crippen molar-refractivity contribution in [1.82, 2.24) is 0 Å². The summed E-state index contributed by atoms with van der Waals surface area (Å²) in [6, 6.07) is 4.83. The average molecular weight is 190 g/mol. The predicted octanol–water partition coefficient (Wildman–Crippen LogP) is 3.55. The molecule has 0 spiro atoms. The number of hydrogen-bond acceptors (Lipinski definition) is 1. The summed E-state index contributed by atoms with van der Waals surface area (Å²) in [4.78, 5) is 0. The molecular formula is C9H13ClFN. The van der Waals surface area contributed by atoms with Gasteiger partial charge in [-0.15, -0.1) is 0 Å². The Morgan fingerprint density at radius 2 is 1.92 bits per heavy atom. The first kappa shape index (κ1) is 11.2. The number of hydrogen-bond donors (Lipinski definition) is 1. The van der Waals surface area contributed by atoms with E-state index in [1.807, 2.05) is 13.8 Å². The zero-order valence-corrected chi connectivity index (χ0v) is 8.24. The molecule has 0 atom stereocenters. The third kappa shape index (κ3) is 2.70. The van der Waals surface area contributed by atoms with E-state index in [1.54, 1.807) is 19.2 Å². The summed E-state index contributed by atoms with van der Waals surface area (Å²) in [6.07, 6.45) is 0. The minimum absolute atomic E-state index is 0.145. The molecule has 3 heteroatoms. The Morgan fingerprint density at radius 3 is 2.33 bits per heavy atom. The summed E-state index contributed by atoms with van der Waals surface area (Å²) < 4.78 is 12.8. The molecule has 1 rings (SSSR count). The van der Waals surface area contributed by atoms with Crippen molar-refractivity contribution in [2.75, 3.05) is 12.4 Å². The van der Waals surface area contributed by atoms with Crippen LogP contribution < -0.4 is 5.32 Å². The first-order valence-electron chi connectivity index (χ1n) is 3.87. The molecule has 1 N–H and O–H groups in total. The van der Waals surface area contributed by atoms with Crippen LogP contribution >= 0.6 is 11.6 Å². The van der Waals surface area contributed by atoms with E-state index in [0.29, 0.717) is 5.69 Å². The van der Waals surface area contributed by atoms with Crippen molar-refractivity contribution in [3.8, 4) is 0 Å². The lowest BCUT2D eigenvalue weighted by atomic mass is 10.3. The molecule has 1 aromatic rings. The first-order chi connectivity index (χ1) is 5.75. The Hall–Kier alpha value is -0.760. The number of nitrogens with one attached hydrogen (secondary N) is 1. The molecule has 68 valence electrons. The van der Waals surface area contributed by atoms with Crippen LogP contribution in [-0.2, 0) is 0 Å². The lowest BCUT2D eigenvalue weighted by molar-refractivity contribution is 0.632. The molecule has 0 aliphatic carbocycles. The summed E-state index contributed by atoms with van der Waals surface area (Å²) in [5, 5.41) is 2.82. The monoisotopic (exact) mass is 189 g/mol. The van der Waals surface area contributed by atoms with E-state index in [2.05, 4.69) is 5.32 Å². The predicted molar refractivity (Wildman–Crippen MR) is 52.3 cm³/mol. The summed E-state index contributed by atoms with van der Waals surface area (Å²) in [5.41, 5.74) is 0.424. The van der Waals surface area contributed by atoms with Gasteiger partial charge in [0.2, 0.25) is 0 Å². The van der Waals surface area contributed by atoms with Gasteiger partial charge in [-0.3, -0.25) is 0 Å². The SMILES string of the molecule is CC.CNc1cccc(Cl)c1F. The Morgan fingerprint density at radius 1 is 1.33 bits per heavy atom. The number of rotatable bonds is 1. The van der Waals surface area contributed by atoms with Crippen LogP contribution in [0.15, 0.2) is 18.2 Å². The first-order valence-corrected chi connectivity index (χ1v) is 4.25. The summed E-state index contributed by atoms with van der Waals surface area (Å²) in [5.74, 6) is -0.397. The van der Waals surface area contributed by atoms with E-state index in [4.69, 9.17) is 11.6 Å². The largest absolute Gasteiger partial charge is 0.386 e. The van der Waals surface area contributed by atoms with Gasteiger partial charge in [0.1, 0.15) is 0 Å². The van der Waals surface area contributed by atoms with Crippen molar-refractivity contribution in [3.05, 3.63) is 29.0 Å². The second-order valence-electron chi connectivity index (χ2n) is 1.85. The van der Waals surface area contributed by atoms with Crippen LogP contribution in [0.2, 0.25) is 5.02 Å². The van der Waals surface area contributed by atoms with Gasteiger partial charge < -0.3 is 5.32 Å². The molecule has 0 aliphatic heterocycles. The maximum Gasteiger partial charge on any atom is 0.164 e. The lowest BCUT2D eigenvalue weighted by Crippen LogP contribution is -1.91. The van der Waals surface area contributed by atoms with Crippen LogP contribution in [0.4, 0.5) is 10.1 Å². The number of halogens is 2.